The van der Waals surface area contributed by atoms with Crippen LogP contribution in [0.5, 0.6) is 0 Å². The van der Waals surface area contributed by atoms with E-state index in [4.69, 9.17) is 4.74 Å². The minimum Gasteiger partial charge on any atom is -0.455 e. The lowest BCUT2D eigenvalue weighted by Gasteiger charge is -2.12. The van der Waals surface area contributed by atoms with Crippen LogP contribution in [0, 0.1) is 5.82 Å². The van der Waals surface area contributed by atoms with Gasteiger partial charge < -0.3 is 10.1 Å². The van der Waals surface area contributed by atoms with Crippen molar-refractivity contribution in [1.29, 1.82) is 0 Å². The van der Waals surface area contributed by atoms with Crippen molar-refractivity contribution >= 4 is 21.9 Å². The van der Waals surface area contributed by atoms with Crippen molar-refractivity contribution in [3.63, 3.8) is 0 Å². The van der Waals surface area contributed by atoms with E-state index in [2.05, 4.69) is 5.32 Å². The molecule has 1 aliphatic rings. The quantitative estimate of drug-likeness (QED) is 0.699. The second-order valence-electron chi connectivity index (χ2n) is 5.46. The number of hydrogen-bond donors (Lipinski definition) is 2. The molecule has 1 fully saturated rings. The first-order chi connectivity index (χ1) is 11.4. The molecule has 132 valence electrons. The van der Waals surface area contributed by atoms with Crippen molar-refractivity contribution in [3.05, 3.63) is 30.1 Å². The zero-order chi connectivity index (χ0) is 17.6. The molecular formula is C15H19FN2O5S. The molecule has 0 spiro atoms. The zero-order valence-corrected chi connectivity index (χ0v) is 13.8. The summed E-state index contributed by atoms with van der Waals surface area (Å²) in [6, 6.07) is 4.91. The Balaban J connectivity index is 1.76. The Morgan fingerprint density at radius 3 is 2.54 bits per heavy atom. The van der Waals surface area contributed by atoms with Crippen LogP contribution in [0.4, 0.5) is 4.39 Å². The lowest BCUT2D eigenvalue weighted by atomic mass is 10.2. The van der Waals surface area contributed by atoms with Gasteiger partial charge in [0.2, 0.25) is 10.0 Å². The molecule has 0 unspecified atom stereocenters. The van der Waals surface area contributed by atoms with Gasteiger partial charge in [-0.15, -0.1) is 0 Å². The fourth-order valence-electron chi connectivity index (χ4n) is 2.43. The summed E-state index contributed by atoms with van der Waals surface area (Å²) >= 11 is 0. The number of esters is 1. The summed E-state index contributed by atoms with van der Waals surface area (Å²) < 4.78 is 43.9. The molecular weight excluding hydrogens is 339 g/mol. The van der Waals surface area contributed by atoms with Crippen molar-refractivity contribution in [3.8, 4) is 0 Å². The van der Waals surface area contributed by atoms with Gasteiger partial charge in [-0.05, 0) is 25.0 Å². The van der Waals surface area contributed by atoms with Gasteiger partial charge in [0.05, 0.1) is 0 Å². The van der Waals surface area contributed by atoms with E-state index in [1.54, 1.807) is 0 Å². The summed E-state index contributed by atoms with van der Waals surface area (Å²) in [5.74, 6) is -2.27. The van der Waals surface area contributed by atoms with Crippen LogP contribution in [0.15, 0.2) is 29.2 Å². The lowest BCUT2D eigenvalue weighted by Crippen LogP contribution is -2.37. The van der Waals surface area contributed by atoms with Gasteiger partial charge in [0.25, 0.3) is 5.91 Å². The van der Waals surface area contributed by atoms with E-state index in [9.17, 15) is 22.4 Å². The van der Waals surface area contributed by atoms with Crippen LogP contribution >= 0.6 is 0 Å². The smallest absolute Gasteiger partial charge is 0.321 e. The molecule has 2 N–H and O–H groups in total. The van der Waals surface area contributed by atoms with E-state index in [1.807, 2.05) is 4.72 Å². The maximum absolute atomic E-state index is 13.5. The monoisotopic (exact) mass is 358 g/mol. The van der Waals surface area contributed by atoms with Crippen LogP contribution in [0.2, 0.25) is 0 Å². The van der Waals surface area contributed by atoms with Gasteiger partial charge >= 0.3 is 5.97 Å². The molecule has 0 aromatic heterocycles. The molecule has 2 rings (SSSR count). The Morgan fingerprint density at radius 2 is 1.88 bits per heavy atom. The van der Waals surface area contributed by atoms with Gasteiger partial charge in [0.1, 0.15) is 17.3 Å². The molecule has 1 aromatic rings. The third kappa shape index (κ3) is 5.27. The summed E-state index contributed by atoms with van der Waals surface area (Å²) in [6.07, 6.45) is 3.93. The molecule has 9 heteroatoms. The normalized spacial score (nSPS) is 15.2. The minimum atomic E-state index is -4.17. The Bertz CT molecular complexity index is 702. The van der Waals surface area contributed by atoms with E-state index in [0.29, 0.717) is 0 Å². The number of rotatable bonds is 7. The molecule has 1 amide bonds. The molecule has 0 aliphatic heterocycles. The number of carbonyl (C=O) groups excluding carboxylic acids is 2. The number of benzene rings is 1. The fraction of sp³-hybridized carbons (Fsp3) is 0.467. The number of amides is 1. The number of sulfonamides is 1. The molecule has 0 radical (unpaired) electrons. The van der Waals surface area contributed by atoms with Gasteiger partial charge in [-0.3, -0.25) is 9.59 Å². The van der Waals surface area contributed by atoms with E-state index in [1.165, 1.54) is 12.1 Å². The molecule has 1 saturated carbocycles. The molecule has 0 heterocycles. The summed E-state index contributed by atoms with van der Waals surface area (Å²) in [4.78, 5) is 22.6. The van der Waals surface area contributed by atoms with Gasteiger partial charge in [-0.2, -0.15) is 4.72 Å². The van der Waals surface area contributed by atoms with E-state index < -0.39 is 45.8 Å². The topological polar surface area (TPSA) is 102 Å². The molecule has 24 heavy (non-hydrogen) atoms. The predicted molar refractivity (Wildman–Crippen MR) is 82.9 cm³/mol. The fourth-order valence-corrected chi connectivity index (χ4v) is 3.48. The molecule has 0 bridgehead atoms. The van der Waals surface area contributed by atoms with Gasteiger partial charge in [0.15, 0.2) is 6.61 Å². The van der Waals surface area contributed by atoms with Crippen molar-refractivity contribution in [2.24, 2.45) is 0 Å². The van der Waals surface area contributed by atoms with Crippen molar-refractivity contribution < 1.29 is 27.1 Å². The lowest BCUT2D eigenvalue weighted by molar-refractivity contribution is -0.147. The average Bonchev–Trinajstić information content (AvgIpc) is 3.04. The van der Waals surface area contributed by atoms with Crippen molar-refractivity contribution in [2.75, 3.05) is 13.2 Å². The highest BCUT2D eigenvalue weighted by molar-refractivity contribution is 7.89. The highest BCUT2D eigenvalue weighted by Crippen LogP contribution is 2.17. The predicted octanol–water partition coefficient (Wildman–Crippen LogP) is 0.706. The highest BCUT2D eigenvalue weighted by atomic mass is 32.2. The maximum atomic E-state index is 13.5. The Labute approximate surface area is 139 Å². The second kappa shape index (κ2) is 8.20. The first-order valence-electron chi connectivity index (χ1n) is 7.57. The van der Waals surface area contributed by atoms with Crippen LogP contribution in [0.25, 0.3) is 0 Å². The van der Waals surface area contributed by atoms with Crippen LogP contribution in [-0.4, -0.2) is 39.5 Å². The van der Waals surface area contributed by atoms with Crippen LogP contribution in [0.1, 0.15) is 25.7 Å². The first-order valence-corrected chi connectivity index (χ1v) is 9.06. The van der Waals surface area contributed by atoms with E-state index in [-0.39, 0.29) is 6.04 Å². The third-order valence-corrected chi connectivity index (χ3v) is 5.05. The van der Waals surface area contributed by atoms with Gasteiger partial charge in [-0.25, -0.2) is 12.8 Å². The van der Waals surface area contributed by atoms with E-state index in [0.717, 1.165) is 37.8 Å². The summed E-state index contributed by atoms with van der Waals surface area (Å²) in [6.45, 7) is -1.16. The van der Waals surface area contributed by atoms with E-state index >= 15 is 0 Å². The summed E-state index contributed by atoms with van der Waals surface area (Å²) in [5.41, 5.74) is 0. The summed E-state index contributed by atoms with van der Waals surface area (Å²) in [7, 11) is -4.17. The number of ether oxygens (including phenoxy) is 1. The number of hydrogen-bond acceptors (Lipinski definition) is 5. The largest absolute Gasteiger partial charge is 0.455 e. The molecule has 0 saturated heterocycles. The average molecular weight is 358 g/mol. The van der Waals surface area contributed by atoms with Crippen molar-refractivity contribution in [2.45, 2.75) is 36.6 Å². The van der Waals surface area contributed by atoms with Crippen LogP contribution < -0.4 is 10.0 Å². The standard InChI is InChI=1S/C15H19FN2O5S/c16-12-7-3-4-8-13(12)24(21,22)17-9-15(20)23-10-14(19)18-11-5-1-2-6-11/h3-4,7-8,11,17H,1-2,5-6,9-10H2,(H,18,19). The third-order valence-electron chi connectivity index (χ3n) is 3.62. The maximum Gasteiger partial charge on any atom is 0.321 e. The molecule has 1 aliphatic carbocycles. The van der Waals surface area contributed by atoms with Crippen molar-refractivity contribution in [1.82, 2.24) is 10.0 Å². The molecule has 7 nitrogen and oxygen atoms in total. The minimum absolute atomic E-state index is 0.107. The Morgan fingerprint density at radius 1 is 1.21 bits per heavy atom. The molecule has 0 atom stereocenters. The number of carbonyl (C=O) groups is 2. The van der Waals surface area contributed by atoms with Gasteiger partial charge in [0, 0.05) is 6.04 Å². The first kappa shape index (κ1) is 18.3. The summed E-state index contributed by atoms with van der Waals surface area (Å²) in [5, 5.41) is 2.74. The second-order valence-corrected chi connectivity index (χ2v) is 7.20. The SMILES string of the molecule is O=C(COC(=O)CNS(=O)(=O)c1ccccc1F)NC1CCCC1. The zero-order valence-electron chi connectivity index (χ0n) is 13.0. The Hall–Kier alpha value is -2.00. The van der Waals surface area contributed by atoms with Crippen LogP contribution in [0.3, 0.4) is 0 Å². The van der Waals surface area contributed by atoms with Crippen LogP contribution in [-0.2, 0) is 24.3 Å². The number of nitrogens with one attached hydrogen (secondary N) is 2. The van der Waals surface area contributed by atoms with Gasteiger partial charge in [-0.1, -0.05) is 25.0 Å². The highest BCUT2D eigenvalue weighted by Gasteiger charge is 2.21. The molecule has 1 aromatic carbocycles. The number of halogens is 1. The Kier molecular flexibility index (Phi) is 6.27.